The van der Waals surface area contributed by atoms with Gasteiger partial charge in [0.2, 0.25) is 0 Å². The van der Waals surface area contributed by atoms with Gasteiger partial charge in [0.1, 0.15) is 0 Å². The van der Waals surface area contributed by atoms with E-state index in [-0.39, 0.29) is 5.91 Å². The Kier molecular flexibility index (Phi) is 6.78. The van der Waals surface area contributed by atoms with Gasteiger partial charge in [-0.15, -0.1) is 0 Å². The SMILES string of the molecule is CCCN(Cc1cccnc1)C(=O)c1ccc(CN2CCCCC2)cc1. The van der Waals surface area contributed by atoms with E-state index in [1.165, 1.54) is 37.9 Å². The molecule has 0 radical (unpaired) electrons. The molecule has 1 aliphatic rings. The van der Waals surface area contributed by atoms with E-state index in [1.54, 1.807) is 6.20 Å². The number of carbonyl (C=O) groups excluding carboxylic acids is 1. The van der Waals surface area contributed by atoms with Gasteiger partial charge < -0.3 is 4.90 Å². The molecule has 138 valence electrons. The molecule has 1 amide bonds. The Balaban J connectivity index is 1.64. The molecule has 0 saturated carbocycles. The molecule has 1 aliphatic heterocycles. The van der Waals surface area contributed by atoms with Gasteiger partial charge in [-0.05, 0) is 61.7 Å². The fraction of sp³-hybridized carbons (Fsp3) is 0.455. The first-order chi connectivity index (χ1) is 12.8. The van der Waals surface area contributed by atoms with Crippen LogP contribution in [0.2, 0.25) is 0 Å². The zero-order valence-corrected chi connectivity index (χ0v) is 15.7. The third-order valence-corrected chi connectivity index (χ3v) is 4.93. The number of amides is 1. The predicted molar refractivity (Wildman–Crippen MR) is 105 cm³/mol. The summed E-state index contributed by atoms with van der Waals surface area (Å²) in [6, 6.07) is 12.1. The number of benzene rings is 1. The molecule has 4 heteroatoms. The van der Waals surface area contributed by atoms with Crippen LogP contribution in [0.25, 0.3) is 0 Å². The van der Waals surface area contributed by atoms with Crippen molar-refractivity contribution in [2.24, 2.45) is 0 Å². The van der Waals surface area contributed by atoms with Crippen molar-refractivity contribution < 1.29 is 4.79 Å². The average Bonchev–Trinajstić information content (AvgIpc) is 2.69. The van der Waals surface area contributed by atoms with Crippen LogP contribution < -0.4 is 0 Å². The van der Waals surface area contributed by atoms with Crippen LogP contribution in [0.15, 0.2) is 48.8 Å². The van der Waals surface area contributed by atoms with E-state index < -0.39 is 0 Å². The van der Waals surface area contributed by atoms with Crippen molar-refractivity contribution in [3.8, 4) is 0 Å². The maximum Gasteiger partial charge on any atom is 0.254 e. The topological polar surface area (TPSA) is 36.4 Å². The monoisotopic (exact) mass is 351 g/mol. The maximum absolute atomic E-state index is 12.9. The van der Waals surface area contributed by atoms with Crippen molar-refractivity contribution in [3.05, 3.63) is 65.5 Å². The highest BCUT2D eigenvalue weighted by molar-refractivity contribution is 5.94. The highest BCUT2D eigenvalue weighted by atomic mass is 16.2. The van der Waals surface area contributed by atoms with Crippen LogP contribution in [0.4, 0.5) is 0 Å². The largest absolute Gasteiger partial charge is 0.334 e. The molecule has 26 heavy (non-hydrogen) atoms. The summed E-state index contributed by atoms with van der Waals surface area (Å²) >= 11 is 0. The van der Waals surface area contributed by atoms with Crippen molar-refractivity contribution in [3.63, 3.8) is 0 Å². The molecule has 0 bridgehead atoms. The molecule has 1 saturated heterocycles. The highest BCUT2D eigenvalue weighted by Gasteiger charge is 2.16. The summed E-state index contributed by atoms with van der Waals surface area (Å²) in [4.78, 5) is 21.5. The number of hydrogen-bond donors (Lipinski definition) is 0. The molecule has 1 fully saturated rings. The molecule has 3 rings (SSSR count). The minimum atomic E-state index is 0.0974. The van der Waals surface area contributed by atoms with Crippen LogP contribution >= 0.6 is 0 Å². The van der Waals surface area contributed by atoms with E-state index in [9.17, 15) is 4.79 Å². The van der Waals surface area contributed by atoms with E-state index in [1.807, 2.05) is 35.4 Å². The van der Waals surface area contributed by atoms with Crippen LogP contribution in [-0.2, 0) is 13.1 Å². The van der Waals surface area contributed by atoms with E-state index >= 15 is 0 Å². The fourth-order valence-electron chi connectivity index (χ4n) is 3.55. The van der Waals surface area contributed by atoms with Crippen molar-refractivity contribution in [2.75, 3.05) is 19.6 Å². The molecule has 4 nitrogen and oxygen atoms in total. The summed E-state index contributed by atoms with van der Waals surface area (Å²) in [7, 11) is 0. The third-order valence-electron chi connectivity index (χ3n) is 4.93. The maximum atomic E-state index is 12.9. The van der Waals surface area contributed by atoms with Gasteiger partial charge in [0.05, 0.1) is 0 Å². The van der Waals surface area contributed by atoms with Crippen molar-refractivity contribution in [1.82, 2.24) is 14.8 Å². The third kappa shape index (κ3) is 5.15. The van der Waals surface area contributed by atoms with Crippen molar-refractivity contribution in [1.29, 1.82) is 0 Å². The molecule has 0 N–H and O–H groups in total. The summed E-state index contributed by atoms with van der Waals surface area (Å²) in [6.07, 6.45) is 8.50. The molecule has 2 heterocycles. The molecule has 0 unspecified atom stereocenters. The van der Waals surface area contributed by atoms with Gasteiger partial charge in [-0.2, -0.15) is 0 Å². The van der Waals surface area contributed by atoms with Gasteiger partial charge in [0, 0.05) is 37.6 Å². The Hall–Kier alpha value is -2.20. The summed E-state index contributed by atoms with van der Waals surface area (Å²) < 4.78 is 0. The molecule has 2 aromatic rings. The second-order valence-corrected chi connectivity index (χ2v) is 7.12. The molecular formula is C22H29N3O. The van der Waals surface area contributed by atoms with Crippen LogP contribution in [0.3, 0.4) is 0 Å². The minimum Gasteiger partial charge on any atom is -0.334 e. The van der Waals surface area contributed by atoms with E-state index in [0.29, 0.717) is 6.54 Å². The Morgan fingerprint density at radius 2 is 1.85 bits per heavy atom. The second-order valence-electron chi connectivity index (χ2n) is 7.12. The smallest absolute Gasteiger partial charge is 0.254 e. The van der Waals surface area contributed by atoms with Crippen molar-refractivity contribution in [2.45, 2.75) is 45.7 Å². The number of piperidine rings is 1. The Morgan fingerprint density at radius 1 is 1.08 bits per heavy atom. The first kappa shape index (κ1) is 18.6. The van der Waals surface area contributed by atoms with Gasteiger partial charge in [0.15, 0.2) is 0 Å². The molecule has 0 aliphatic carbocycles. The lowest BCUT2D eigenvalue weighted by atomic mass is 10.1. The van der Waals surface area contributed by atoms with Gasteiger partial charge in [-0.25, -0.2) is 0 Å². The average molecular weight is 351 g/mol. The number of hydrogen-bond acceptors (Lipinski definition) is 3. The van der Waals surface area contributed by atoms with Crippen molar-refractivity contribution >= 4 is 5.91 Å². The predicted octanol–water partition coefficient (Wildman–Crippen LogP) is 4.12. The standard InChI is InChI=1S/C22H29N3O/c1-2-13-25(18-20-7-6-12-23-16-20)22(26)21-10-8-19(9-11-21)17-24-14-4-3-5-15-24/h6-12,16H,2-5,13-15,17-18H2,1H3. The number of rotatable bonds is 7. The Bertz CT molecular complexity index is 678. The molecular weight excluding hydrogens is 322 g/mol. The zero-order chi connectivity index (χ0) is 18.2. The summed E-state index contributed by atoms with van der Waals surface area (Å²) in [5, 5.41) is 0. The van der Waals surface area contributed by atoms with Gasteiger partial charge in [-0.1, -0.05) is 31.5 Å². The van der Waals surface area contributed by atoms with Crippen LogP contribution in [-0.4, -0.2) is 40.3 Å². The molecule has 1 aromatic carbocycles. The quantitative estimate of drug-likeness (QED) is 0.753. The lowest BCUT2D eigenvalue weighted by Crippen LogP contribution is -2.31. The van der Waals surface area contributed by atoms with E-state index in [0.717, 1.165) is 30.6 Å². The first-order valence-electron chi connectivity index (χ1n) is 9.75. The molecule has 0 atom stereocenters. The summed E-state index contributed by atoms with van der Waals surface area (Å²) in [6.45, 7) is 6.83. The molecule has 0 spiro atoms. The minimum absolute atomic E-state index is 0.0974. The van der Waals surface area contributed by atoms with Gasteiger partial charge in [0.25, 0.3) is 5.91 Å². The van der Waals surface area contributed by atoms with E-state index in [4.69, 9.17) is 0 Å². The van der Waals surface area contributed by atoms with Crippen LogP contribution in [0.5, 0.6) is 0 Å². The summed E-state index contributed by atoms with van der Waals surface area (Å²) in [5.41, 5.74) is 3.12. The zero-order valence-electron chi connectivity index (χ0n) is 15.7. The lowest BCUT2D eigenvalue weighted by molar-refractivity contribution is 0.0743. The Morgan fingerprint density at radius 3 is 2.50 bits per heavy atom. The lowest BCUT2D eigenvalue weighted by Gasteiger charge is -2.26. The highest BCUT2D eigenvalue weighted by Crippen LogP contribution is 2.15. The van der Waals surface area contributed by atoms with Gasteiger partial charge in [-0.3, -0.25) is 14.7 Å². The number of aromatic nitrogens is 1. The number of pyridine rings is 1. The molecule has 1 aromatic heterocycles. The fourth-order valence-corrected chi connectivity index (χ4v) is 3.55. The van der Waals surface area contributed by atoms with E-state index in [2.05, 4.69) is 28.9 Å². The van der Waals surface area contributed by atoms with Gasteiger partial charge >= 0.3 is 0 Å². The van der Waals surface area contributed by atoms with Crippen LogP contribution in [0, 0.1) is 0 Å². The van der Waals surface area contributed by atoms with Crippen LogP contribution in [0.1, 0.15) is 54.1 Å². The number of nitrogens with zero attached hydrogens (tertiary/aromatic N) is 3. The first-order valence-corrected chi connectivity index (χ1v) is 9.75. The Labute approximate surface area is 156 Å². The normalized spacial score (nSPS) is 15.0. The number of carbonyl (C=O) groups is 1. The number of likely N-dealkylation sites (tertiary alicyclic amines) is 1. The second kappa shape index (κ2) is 9.48. The summed E-state index contributed by atoms with van der Waals surface area (Å²) in [5.74, 6) is 0.0974.